The summed E-state index contributed by atoms with van der Waals surface area (Å²) < 4.78 is 12.7. The maximum Gasteiger partial charge on any atom is 0.159 e. The number of aliphatic hydroxyl groups excluding tert-OH is 2. The average Bonchev–Trinajstić information content (AvgIpc) is 2.35. The average molecular weight is 242 g/mol. The predicted molar refractivity (Wildman–Crippen MR) is 61.9 cm³/mol. The minimum Gasteiger partial charge on any atom is -0.396 e. The van der Waals surface area contributed by atoms with E-state index in [1.807, 2.05) is 13.8 Å². The Balaban J connectivity index is 2.64. The van der Waals surface area contributed by atoms with Crippen LogP contribution in [0.15, 0.2) is 12.4 Å². The molecule has 17 heavy (non-hydrogen) atoms. The van der Waals surface area contributed by atoms with Gasteiger partial charge in [-0.15, -0.1) is 0 Å². The second-order valence-corrected chi connectivity index (χ2v) is 4.31. The van der Waals surface area contributed by atoms with Crippen molar-refractivity contribution in [3.05, 3.63) is 24.0 Å². The third kappa shape index (κ3) is 4.02. The number of aliphatic hydroxyl groups is 2. The molecular formula is C12H19FN2O2. The Morgan fingerprint density at radius 1 is 1.35 bits per heavy atom. The minimum absolute atomic E-state index is 0.0195. The first-order valence-corrected chi connectivity index (χ1v) is 5.84. The molecule has 0 amide bonds. The number of rotatable bonds is 6. The Morgan fingerprint density at radius 2 is 1.94 bits per heavy atom. The van der Waals surface area contributed by atoms with Crippen molar-refractivity contribution in [2.75, 3.05) is 6.61 Å². The lowest BCUT2D eigenvalue weighted by Crippen LogP contribution is -2.25. The van der Waals surface area contributed by atoms with Gasteiger partial charge < -0.3 is 10.2 Å². The van der Waals surface area contributed by atoms with Gasteiger partial charge in [0.25, 0.3) is 0 Å². The fraction of sp³-hybridized carbons (Fsp3) is 0.667. The largest absolute Gasteiger partial charge is 0.396 e. The molecule has 5 heteroatoms. The highest BCUT2D eigenvalue weighted by molar-refractivity contribution is 4.97. The van der Waals surface area contributed by atoms with E-state index in [9.17, 15) is 14.6 Å². The molecule has 0 radical (unpaired) electrons. The molecule has 3 unspecified atom stereocenters. The summed E-state index contributed by atoms with van der Waals surface area (Å²) in [6.07, 6.45) is 2.91. The van der Waals surface area contributed by atoms with Crippen molar-refractivity contribution in [2.24, 2.45) is 5.92 Å². The first kappa shape index (κ1) is 14.0. The zero-order valence-electron chi connectivity index (χ0n) is 10.2. The zero-order valence-corrected chi connectivity index (χ0v) is 10.2. The highest BCUT2D eigenvalue weighted by Crippen LogP contribution is 2.23. The molecule has 0 aromatic carbocycles. The number of aromatic nitrogens is 2. The first-order chi connectivity index (χ1) is 8.08. The van der Waals surface area contributed by atoms with E-state index >= 15 is 0 Å². The molecule has 0 aliphatic heterocycles. The van der Waals surface area contributed by atoms with Crippen molar-refractivity contribution in [3.63, 3.8) is 0 Å². The van der Waals surface area contributed by atoms with Crippen LogP contribution in [0, 0.1) is 11.7 Å². The number of hydrogen-bond acceptors (Lipinski definition) is 4. The van der Waals surface area contributed by atoms with Gasteiger partial charge >= 0.3 is 0 Å². The molecule has 1 rings (SSSR count). The van der Waals surface area contributed by atoms with Crippen LogP contribution in [-0.2, 0) is 0 Å². The van der Waals surface area contributed by atoms with Crippen LogP contribution in [0.2, 0.25) is 0 Å². The van der Waals surface area contributed by atoms with E-state index in [0.717, 1.165) is 12.4 Å². The molecule has 2 N–H and O–H groups in total. The summed E-state index contributed by atoms with van der Waals surface area (Å²) in [7, 11) is 0. The maximum absolute atomic E-state index is 12.7. The SMILES string of the molecule is CCC(O)C(CO)CC(C)c1ncc(F)cn1. The van der Waals surface area contributed by atoms with Crippen molar-refractivity contribution in [1.82, 2.24) is 9.97 Å². The van der Waals surface area contributed by atoms with Gasteiger partial charge in [0.05, 0.1) is 18.5 Å². The molecule has 0 saturated heterocycles. The summed E-state index contributed by atoms with van der Waals surface area (Å²) >= 11 is 0. The van der Waals surface area contributed by atoms with Crippen LogP contribution < -0.4 is 0 Å². The van der Waals surface area contributed by atoms with Crippen molar-refractivity contribution in [2.45, 2.75) is 38.7 Å². The highest BCUT2D eigenvalue weighted by atomic mass is 19.1. The molecule has 1 heterocycles. The van der Waals surface area contributed by atoms with E-state index in [1.165, 1.54) is 0 Å². The molecule has 1 aromatic rings. The van der Waals surface area contributed by atoms with E-state index in [1.54, 1.807) is 0 Å². The number of halogens is 1. The van der Waals surface area contributed by atoms with Gasteiger partial charge in [0.15, 0.2) is 5.82 Å². The summed E-state index contributed by atoms with van der Waals surface area (Å²) in [5, 5.41) is 18.9. The fourth-order valence-electron chi connectivity index (χ4n) is 1.82. The second kappa shape index (κ2) is 6.61. The molecule has 1 aromatic heterocycles. The standard InChI is InChI=1S/C12H19FN2O2/c1-3-11(17)9(7-16)4-8(2)12-14-5-10(13)6-15-12/h5-6,8-9,11,16-17H,3-4,7H2,1-2H3. The highest BCUT2D eigenvalue weighted by Gasteiger charge is 2.21. The van der Waals surface area contributed by atoms with E-state index < -0.39 is 11.9 Å². The van der Waals surface area contributed by atoms with Gasteiger partial charge in [0.2, 0.25) is 0 Å². The van der Waals surface area contributed by atoms with Crippen molar-refractivity contribution in [1.29, 1.82) is 0 Å². The summed E-state index contributed by atoms with van der Waals surface area (Å²) in [5.74, 6) is -0.140. The Hall–Kier alpha value is -1.07. The third-order valence-electron chi connectivity index (χ3n) is 2.93. The molecule has 3 atom stereocenters. The van der Waals surface area contributed by atoms with Gasteiger partial charge in [-0.2, -0.15) is 0 Å². The lowest BCUT2D eigenvalue weighted by atomic mass is 9.90. The van der Waals surface area contributed by atoms with Crippen LogP contribution in [-0.4, -0.2) is 32.9 Å². The molecular weight excluding hydrogens is 223 g/mol. The molecule has 0 saturated carbocycles. The van der Waals surface area contributed by atoms with Gasteiger partial charge in [-0.05, 0) is 12.8 Å². The quantitative estimate of drug-likeness (QED) is 0.793. The topological polar surface area (TPSA) is 66.2 Å². The van der Waals surface area contributed by atoms with Gasteiger partial charge in [-0.1, -0.05) is 13.8 Å². The summed E-state index contributed by atoms with van der Waals surface area (Å²) in [6, 6.07) is 0. The fourth-order valence-corrected chi connectivity index (χ4v) is 1.82. The Labute approximate surface area is 101 Å². The smallest absolute Gasteiger partial charge is 0.159 e. The zero-order chi connectivity index (χ0) is 12.8. The molecule has 0 spiro atoms. The van der Waals surface area contributed by atoms with E-state index in [2.05, 4.69) is 9.97 Å². The molecule has 0 fully saturated rings. The van der Waals surface area contributed by atoms with E-state index in [-0.39, 0.29) is 18.4 Å². The van der Waals surface area contributed by atoms with Gasteiger partial charge in [-0.3, -0.25) is 0 Å². The number of hydrogen-bond donors (Lipinski definition) is 2. The van der Waals surface area contributed by atoms with Crippen molar-refractivity contribution in [3.8, 4) is 0 Å². The van der Waals surface area contributed by atoms with Crippen LogP contribution in [0.4, 0.5) is 4.39 Å². The van der Waals surface area contributed by atoms with Crippen LogP contribution in [0.25, 0.3) is 0 Å². The normalized spacial score (nSPS) is 16.5. The molecule has 4 nitrogen and oxygen atoms in total. The summed E-state index contributed by atoms with van der Waals surface area (Å²) in [5.41, 5.74) is 0. The summed E-state index contributed by atoms with van der Waals surface area (Å²) in [4.78, 5) is 7.80. The lowest BCUT2D eigenvalue weighted by Gasteiger charge is -2.22. The first-order valence-electron chi connectivity index (χ1n) is 5.84. The Morgan fingerprint density at radius 3 is 2.41 bits per heavy atom. The van der Waals surface area contributed by atoms with E-state index in [4.69, 9.17) is 0 Å². The van der Waals surface area contributed by atoms with E-state index in [0.29, 0.717) is 18.7 Å². The monoisotopic (exact) mass is 242 g/mol. The van der Waals surface area contributed by atoms with Crippen LogP contribution >= 0.6 is 0 Å². The van der Waals surface area contributed by atoms with Gasteiger partial charge in [0, 0.05) is 18.4 Å². The lowest BCUT2D eigenvalue weighted by molar-refractivity contribution is 0.0561. The second-order valence-electron chi connectivity index (χ2n) is 4.31. The molecule has 0 aliphatic rings. The van der Waals surface area contributed by atoms with Gasteiger partial charge in [-0.25, -0.2) is 14.4 Å². The third-order valence-corrected chi connectivity index (χ3v) is 2.93. The Bertz CT molecular complexity index is 332. The maximum atomic E-state index is 12.7. The van der Waals surface area contributed by atoms with Crippen molar-refractivity contribution >= 4 is 0 Å². The summed E-state index contributed by atoms with van der Waals surface area (Å²) in [6.45, 7) is 3.70. The molecule has 96 valence electrons. The molecule has 0 aliphatic carbocycles. The van der Waals surface area contributed by atoms with Crippen molar-refractivity contribution < 1.29 is 14.6 Å². The van der Waals surface area contributed by atoms with Crippen LogP contribution in [0.3, 0.4) is 0 Å². The molecule has 0 bridgehead atoms. The number of nitrogens with zero attached hydrogens (tertiary/aromatic N) is 2. The predicted octanol–water partition coefficient (Wildman–Crippen LogP) is 1.49. The van der Waals surface area contributed by atoms with Gasteiger partial charge in [0.1, 0.15) is 5.82 Å². The van der Waals surface area contributed by atoms with Crippen LogP contribution in [0.1, 0.15) is 38.4 Å². The van der Waals surface area contributed by atoms with Crippen LogP contribution in [0.5, 0.6) is 0 Å². The Kier molecular flexibility index (Phi) is 5.44. The minimum atomic E-state index is -0.525.